The molecule has 4 atom stereocenters. The minimum absolute atomic E-state index is 0.0778. The number of hydrogen-bond acceptors (Lipinski definition) is 2. The van der Waals surface area contributed by atoms with Gasteiger partial charge in [-0.2, -0.15) is 0 Å². The maximum Gasteiger partial charge on any atom is -0.00135 e. The Bertz CT molecular complexity index is 5340. The third kappa shape index (κ3) is 46.5. The van der Waals surface area contributed by atoms with Gasteiger partial charge in [0.2, 0.25) is 0 Å². The summed E-state index contributed by atoms with van der Waals surface area (Å²) >= 11 is 130. The van der Waals surface area contributed by atoms with Gasteiger partial charge in [-0.05, 0) is 140 Å². The Morgan fingerprint density at radius 2 is 0.454 bits per heavy atom. The Balaban J connectivity index is 0.000000218. The second-order valence-corrected chi connectivity index (χ2v) is 1730. The molecular formula is C65H62ClI72N3. The van der Waals surface area contributed by atoms with Crippen LogP contribution in [0.2, 0.25) is 5.02 Å². The molecule has 14 rings (SSSR count). The van der Waals surface area contributed by atoms with Crippen LogP contribution in [0.5, 0.6) is 0 Å². The Hall–Kier alpha value is 46.0. The van der Waals surface area contributed by atoms with E-state index in [1.165, 1.54) is 135 Å². The first-order valence-corrected chi connectivity index (χ1v) is 482. The van der Waals surface area contributed by atoms with Crippen molar-refractivity contribution < 1.29 is 0 Å². The van der Waals surface area contributed by atoms with Crippen LogP contribution < -0.4 is 9.80 Å². The van der Waals surface area contributed by atoms with Gasteiger partial charge in [-0.1, -0.05) is 185 Å². The Labute approximate surface area is 1320 Å². The van der Waals surface area contributed by atoms with Gasteiger partial charge >= 0.3 is 965 Å². The molecule has 3 aliphatic carbocycles. The van der Waals surface area contributed by atoms with Gasteiger partial charge in [-0.15, -0.1) is 0 Å². The van der Waals surface area contributed by atoms with E-state index in [0.717, 1.165) is 11.4 Å². The molecule has 0 radical (unpaired) electrons. The molecular weight excluding hydrogens is 10000 g/mol. The maximum absolute atomic E-state index is 6.28. The number of halogens is 73. The zero-order valence-corrected chi connectivity index (χ0v) is 224. The quantitative estimate of drug-likeness (QED) is 0.0360. The van der Waals surface area contributed by atoms with Crippen LogP contribution in [0.15, 0.2) is 194 Å². The van der Waals surface area contributed by atoms with Crippen molar-refractivity contribution in [1.82, 2.24) is 4.57 Å². The summed E-state index contributed by atoms with van der Waals surface area (Å²) in [7, 11) is -20.3. The van der Waals surface area contributed by atoms with Crippen molar-refractivity contribution in [1.29, 1.82) is 0 Å². The van der Waals surface area contributed by atoms with Gasteiger partial charge in [-0.25, -0.2) is 0 Å². The summed E-state index contributed by atoms with van der Waals surface area (Å²) in [6.45, 7) is 9.89. The van der Waals surface area contributed by atoms with Gasteiger partial charge in [-0.3, -0.25) is 0 Å². The maximum atomic E-state index is 6.28. The van der Waals surface area contributed by atoms with Crippen molar-refractivity contribution in [3.63, 3.8) is 0 Å². The minimum Gasteiger partial charge on any atom is -0.0619 e. The van der Waals surface area contributed by atoms with E-state index in [-0.39, 0.29) is 21.9 Å². The van der Waals surface area contributed by atoms with Gasteiger partial charge in [0.15, 0.2) is 0 Å². The van der Waals surface area contributed by atoms with E-state index in [1.54, 1.807) is 0 Å². The zero-order chi connectivity index (χ0) is 104. The van der Waals surface area contributed by atoms with Crippen LogP contribution in [0, 0.1) is 0 Å². The molecule has 2 saturated carbocycles. The molecule has 848 valence electrons. The molecule has 2 aliphatic heterocycles. The van der Waals surface area contributed by atoms with E-state index in [9.17, 15) is 0 Å². The fourth-order valence-electron chi connectivity index (χ4n) is 14.9. The number of aromatic nitrogens is 1. The first-order valence-electron chi connectivity index (χ1n) is 35.6. The molecule has 9 aromatic rings. The average molecular weight is 10100 g/mol. The van der Waals surface area contributed by atoms with Crippen LogP contribution in [0.25, 0.3) is 38.6 Å². The number of para-hydroxylation sites is 4. The molecule has 8 aromatic carbocycles. The Morgan fingerprint density at radius 1 is 0.227 bits per heavy atom. The smallest absolute Gasteiger partial charge is 0.00135 e. The first kappa shape index (κ1) is 167. The average Bonchev–Trinajstić information content (AvgIpc) is 1.54. The summed E-state index contributed by atoms with van der Waals surface area (Å²) in [4.78, 5) is 5.21. The topological polar surface area (TPSA) is 11.4 Å². The zero-order valence-electron chi connectivity index (χ0n) is 67.8. The molecule has 0 amide bonds. The molecule has 4 unspecified atom stereocenters. The largest absolute Gasteiger partial charge is 0.0619 e. The van der Waals surface area contributed by atoms with Crippen LogP contribution in [0.3, 0.4) is 0 Å². The van der Waals surface area contributed by atoms with Gasteiger partial charge < -0.3 is 14.4 Å². The van der Waals surface area contributed by atoms with Gasteiger partial charge in [0.05, 0.1) is 22.1 Å². The first-order chi connectivity index (χ1) is 66.3. The number of anilines is 4. The van der Waals surface area contributed by atoms with E-state index in [2.05, 4.69) is 919 Å². The van der Waals surface area contributed by atoms with Crippen molar-refractivity contribution in [3.05, 3.63) is 221 Å². The summed E-state index contributed by atoms with van der Waals surface area (Å²) in [5.41, 5.74) is 18.3. The third-order valence-corrected chi connectivity index (χ3v) is 5640. The second kappa shape index (κ2) is 85.4. The predicted octanol–water partition coefficient (Wildman–Crippen LogP) is 81.6. The van der Waals surface area contributed by atoms with Crippen LogP contribution in [0.4, 0.5) is 22.7 Å². The number of rotatable bonds is 37. The number of fused-ring (bicyclic) bond motifs is 12. The molecule has 0 saturated heterocycles. The molecule has 3 heterocycles. The molecule has 0 spiro atoms. The van der Waals surface area contributed by atoms with E-state index in [1.807, 2.05) is 6.07 Å². The standard InChI is InChI=1S/C32H30N2.C20H22ClN.C13H10.I72/c1-31-20-9-10-21-32(31,2)34(30-19-8-5-16-27(30)31)24-13-11-12-23(22-24)33-28-17-6-3-14-25(28)26-15-4-7-18-29(26)33;1-19-12-5-6-13-20(19,2)22(16-9-7-8-15(21)14-16)18-11-4-3-10-17(18)19;1-3-7-12-10(5-1)9-11-6-2-4-8-13(11)12;1-38(2)40(5)42(7)44(9)46(11)48(13)50(15)52(17)54(19)56(21)58(23)60(25)62(27)64(29)66(31)68(33)70(35)72(37)71(36)69(34)67(32)65(30)63(28)61(26)59(24)57(22)55(20)53(18)51(16)49(14)47(12)45(10)43(8)41(6)39(3)4/h3-8,11-19,22H,9-10,20-21H2,1-2H3;3-4,7-11,14H,5-6,12-13H2,1-2H3;1-8H,9H2;. The summed E-state index contributed by atoms with van der Waals surface area (Å²) in [6.07, 6.45) is 11.3. The summed E-state index contributed by atoms with van der Waals surface area (Å²) < 4.78 is 2.43. The SMILES string of the molecule is CC12CCCCC1(C)N(c1cccc(-n3c4ccccc4c4ccccc43)c1)c1ccccc12.CC12CCCCC1(C)N(c1cccc(Cl)c1)c1ccccc12.II(I)I(I)I(I)I(I)I(I)I(I)I(I)I(I)I(I)I(I)I(I)I(I)I(I)I(I)I(I)I(I)I(I)I(I)I(I)I(I)I(I)I(I)I(I)I(I)I(I)I(I)I(I)I(I)I(I)I(I)I(I)I(I)I(I)I(I)I(I)I.c1ccc2c(c1)Cc1ccccc1-2. The van der Waals surface area contributed by atoms with Crippen molar-refractivity contribution in [2.75, 3.05) is 9.80 Å². The predicted molar refractivity (Wildman–Crippen MR) is 1300 cm³/mol. The Kier molecular flexibility index (Phi) is 101. The second-order valence-electron chi connectivity index (χ2n) is 26.9. The van der Waals surface area contributed by atoms with Crippen LogP contribution in [-0.2, 0) is 17.3 Å². The van der Waals surface area contributed by atoms with Crippen molar-refractivity contribution in [3.8, 4) is 16.8 Å². The number of nitrogens with zero attached hydrogens (tertiary/aromatic N) is 3. The minimum atomic E-state index is -0.626. The van der Waals surface area contributed by atoms with E-state index in [0.29, 0.717) is 0 Å². The Morgan fingerprint density at radius 3 is 0.738 bits per heavy atom. The summed E-state index contributed by atoms with van der Waals surface area (Å²) in [5.74, 6) is 0. The van der Waals surface area contributed by atoms with E-state index >= 15 is 0 Å². The van der Waals surface area contributed by atoms with Crippen molar-refractivity contribution in [2.24, 2.45) is 0 Å². The van der Waals surface area contributed by atoms with Gasteiger partial charge in [0, 0.05) is 55.1 Å². The van der Waals surface area contributed by atoms with Gasteiger partial charge in [0.1, 0.15) is 0 Å². The van der Waals surface area contributed by atoms with E-state index in [4.69, 9.17) is 11.6 Å². The van der Waals surface area contributed by atoms with Crippen molar-refractivity contribution >= 4 is 1020 Å². The third-order valence-electron chi connectivity index (χ3n) is 20.5. The molecule has 141 heavy (non-hydrogen) atoms. The number of benzene rings is 8. The molecule has 2 fully saturated rings. The summed E-state index contributed by atoms with van der Waals surface area (Å²) in [5, 5.41) is 3.42. The van der Waals surface area contributed by atoms with Crippen LogP contribution >= 0.6 is 977 Å². The van der Waals surface area contributed by atoms with E-state index < -0.39 is 276 Å². The van der Waals surface area contributed by atoms with Crippen LogP contribution in [0.1, 0.15) is 101 Å². The molecule has 1 aromatic heterocycles. The molecule has 0 N–H and O–H groups in total. The number of hydrogen-bond donors (Lipinski definition) is 0. The molecule has 3 nitrogen and oxygen atoms in total. The fourth-order valence-corrected chi connectivity index (χ4v) is 13800. The summed E-state index contributed by atoms with van der Waals surface area (Å²) in [6, 6.07) is 70.4. The molecule has 76 heteroatoms. The molecule has 5 aliphatic rings. The van der Waals surface area contributed by atoms with Crippen LogP contribution in [-0.4, -0.2) is 15.6 Å². The molecule has 0 bridgehead atoms. The normalized spacial score (nSPS) is 21.3. The fraction of sp³-hybridized carbons (Fsp3) is 0.262. The van der Waals surface area contributed by atoms with Crippen molar-refractivity contribution in [2.45, 2.75) is 107 Å². The monoisotopic (exact) mass is 10100 g/mol. The van der Waals surface area contributed by atoms with Gasteiger partial charge in [0.25, 0.3) is 0 Å².